The van der Waals surface area contributed by atoms with Gasteiger partial charge in [0.15, 0.2) is 0 Å². The van der Waals surface area contributed by atoms with Crippen molar-refractivity contribution in [2.45, 2.75) is 71.1 Å². The molecule has 0 saturated heterocycles. The van der Waals surface area contributed by atoms with Gasteiger partial charge in [-0.1, -0.05) is 31.1 Å². The molecule has 0 N–H and O–H groups in total. The standard InChI is InChI=1S/C28H37FO/c1-3-20-5-10-22(11-6-20)23-12-7-21(8-13-23)9-14-24-15-16-25-19-26(30-4-2)17-18-27(25)28(24)29/h3,15-23H,1,4-14H2,2H3. The van der Waals surface area contributed by atoms with Crippen LogP contribution in [-0.4, -0.2) is 6.61 Å². The van der Waals surface area contributed by atoms with Gasteiger partial charge in [0.25, 0.3) is 0 Å². The first kappa shape index (κ1) is 21.4. The molecular weight excluding hydrogens is 371 g/mol. The van der Waals surface area contributed by atoms with E-state index in [-0.39, 0.29) is 5.82 Å². The zero-order valence-electron chi connectivity index (χ0n) is 18.5. The Kier molecular flexibility index (Phi) is 7.12. The molecular formula is C28H37FO. The highest BCUT2D eigenvalue weighted by Crippen LogP contribution is 2.42. The molecule has 0 heterocycles. The molecule has 0 unspecified atom stereocenters. The number of halogens is 1. The average molecular weight is 409 g/mol. The summed E-state index contributed by atoms with van der Waals surface area (Å²) in [5, 5.41) is 1.64. The Morgan fingerprint density at radius 2 is 1.67 bits per heavy atom. The van der Waals surface area contributed by atoms with E-state index >= 15 is 4.39 Å². The first-order chi connectivity index (χ1) is 14.7. The monoisotopic (exact) mass is 408 g/mol. The van der Waals surface area contributed by atoms with E-state index in [0.717, 1.165) is 58.6 Å². The van der Waals surface area contributed by atoms with Gasteiger partial charge >= 0.3 is 0 Å². The lowest BCUT2D eigenvalue weighted by Crippen LogP contribution is -2.25. The van der Waals surface area contributed by atoms with Crippen molar-refractivity contribution < 1.29 is 9.13 Å². The van der Waals surface area contributed by atoms with Gasteiger partial charge in [0.05, 0.1) is 6.61 Å². The van der Waals surface area contributed by atoms with Crippen LogP contribution in [0, 0.1) is 29.5 Å². The predicted octanol–water partition coefficient (Wildman–Crippen LogP) is 8.11. The second kappa shape index (κ2) is 9.98. The summed E-state index contributed by atoms with van der Waals surface area (Å²) in [5.41, 5.74) is 0.872. The summed E-state index contributed by atoms with van der Waals surface area (Å²) in [6.07, 6.45) is 15.1. The smallest absolute Gasteiger partial charge is 0.134 e. The van der Waals surface area contributed by atoms with Crippen LogP contribution in [0.1, 0.15) is 70.3 Å². The van der Waals surface area contributed by atoms with Crippen LogP contribution in [0.3, 0.4) is 0 Å². The molecule has 0 amide bonds. The van der Waals surface area contributed by atoms with Crippen molar-refractivity contribution in [2.24, 2.45) is 23.7 Å². The molecule has 0 bridgehead atoms. The molecule has 2 saturated carbocycles. The average Bonchev–Trinajstić information content (AvgIpc) is 2.79. The predicted molar refractivity (Wildman–Crippen MR) is 124 cm³/mol. The van der Waals surface area contributed by atoms with Crippen LogP contribution >= 0.6 is 0 Å². The Bertz CT molecular complexity index is 841. The molecule has 2 aromatic rings. The molecule has 2 heteroatoms. The maximum Gasteiger partial charge on any atom is 0.134 e. The van der Waals surface area contributed by atoms with Gasteiger partial charge in [0.2, 0.25) is 0 Å². The van der Waals surface area contributed by atoms with Gasteiger partial charge in [0, 0.05) is 5.39 Å². The Balaban J connectivity index is 1.29. The fraction of sp³-hybridized carbons (Fsp3) is 0.571. The first-order valence-corrected chi connectivity index (χ1v) is 12.1. The van der Waals surface area contributed by atoms with Crippen LogP contribution in [0.5, 0.6) is 5.75 Å². The van der Waals surface area contributed by atoms with Crippen molar-refractivity contribution in [3.8, 4) is 5.75 Å². The lowest BCUT2D eigenvalue weighted by Gasteiger charge is -2.37. The summed E-state index contributed by atoms with van der Waals surface area (Å²) >= 11 is 0. The number of allylic oxidation sites excluding steroid dienone is 1. The Morgan fingerprint density at radius 1 is 0.967 bits per heavy atom. The van der Waals surface area contributed by atoms with Crippen LogP contribution in [0.2, 0.25) is 0 Å². The van der Waals surface area contributed by atoms with Crippen molar-refractivity contribution in [1.82, 2.24) is 0 Å². The van der Waals surface area contributed by atoms with E-state index in [1.165, 1.54) is 51.4 Å². The zero-order chi connectivity index (χ0) is 20.9. The largest absolute Gasteiger partial charge is 0.494 e. The highest BCUT2D eigenvalue weighted by atomic mass is 19.1. The summed E-state index contributed by atoms with van der Waals surface area (Å²) in [7, 11) is 0. The van der Waals surface area contributed by atoms with Crippen molar-refractivity contribution >= 4 is 10.8 Å². The molecule has 2 aliphatic carbocycles. The van der Waals surface area contributed by atoms with Gasteiger partial charge < -0.3 is 4.74 Å². The molecule has 0 atom stereocenters. The second-order valence-electron chi connectivity index (χ2n) is 9.58. The van der Waals surface area contributed by atoms with Crippen LogP contribution in [0.4, 0.5) is 4.39 Å². The Hall–Kier alpha value is -1.83. The molecule has 2 aliphatic rings. The summed E-state index contributed by atoms with van der Waals surface area (Å²) in [6, 6.07) is 9.72. The van der Waals surface area contributed by atoms with Crippen molar-refractivity contribution in [3.05, 3.63) is 54.4 Å². The van der Waals surface area contributed by atoms with E-state index in [2.05, 4.69) is 12.7 Å². The Labute approximate surface area is 181 Å². The molecule has 0 aromatic heterocycles. The minimum Gasteiger partial charge on any atom is -0.494 e. The molecule has 0 spiro atoms. The zero-order valence-corrected chi connectivity index (χ0v) is 18.5. The van der Waals surface area contributed by atoms with E-state index < -0.39 is 0 Å². The maximum atomic E-state index is 15.1. The molecule has 162 valence electrons. The van der Waals surface area contributed by atoms with Gasteiger partial charge in [-0.2, -0.15) is 0 Å². The van der Waals surface area contributed by atoms with Gasteiger partial charge in [-0.25, -0.2) is 4.39 Å². The lowest BCUT2D eigenvalue weighted by molar-refractivity contribution is 0.152. The highest BCUT2D eigenvalue weighted by molar-refractivity contribution is 5.85. The topological polar surface area (TPSA) is 9.23 Å². The third-order valence-corrected chi connectivity index (χ3v) is 7.85. The van der Waals surface area contributed by atoms with Gasteiger partial charge in [-0.15, -0.1) is 6.58 Å². The van der Waals surface area contributed by atoms with E-state index in [1.54, 1.807) is 0 Å². The maximum absolute atomic E-state index is 15.1. The SMILES string of the molecule is C=CC1CCC(C2CCC(CCc3ccc4cc(OCC)ccc4c3F)CC2)CC1. The third kappa shape index (κ3) is 4.90. The highest BCUT2D eigenvalue weighted by Gasteiger charge is 2.30. The summed E-state index contributed by atoms with van der Waals surface area (Å²) < 4.78 is 20.6. The van der Waals surface area contributed by atoms with Crippen LogP contribution in [0.15, 0.2) is 43.0 Å². The molecule has 2 aromatic carbocycles. The number of benzene rings is 2. The normalized spacial score (nSPS) is 27.1. The van der Waals surface area contributed by atoms with E-state index in [4.69, 9.17) is 4.74 Å². The molecule has 30 heavy (non-hydrogen) atoms. The Morgan fingerprint density at radius 3 is 2.33 bits per heavy atom. The fourth-order valence-electron chi connectivity index (χ4n) is 5.92. The molecule has 0 aliphatic heterocycles. The number of ether oxygens (including phenoxy) is 1. The van der Waals surface area contributed by atoms with Gasteiger partial charge in [-0.05, 0) is 111 Å². The molecule has 1 nitrogen and oxygen atoms in total. The van der Waals surface area contributed by atoms with E-state index in [0.29, 0.717) is 6.61 Å². The van der Waals surface area contributed by atoms with Crippen molar-refractivity contribution in [3.63, 3.8) is 0 Å². The number of fused-ring (bicyclic) bond motifs is 1. The quantitative estimate of drug-likeness (QED) is 0.420. The number of hydrogen-bond acceptors (Lipinski definition) is 1. The number of aryl methyl sites for hydroxylation is 1. The van der Waals surface area contributed by atoms with Crippen LogP contribution in [0.25, 0.3) is 10.8 Å². The first-order valence-electron chi connectivity index (χ1n) is 12.1. The van der Waals surface area contributed by atoms with Crippen LogP contribution in [-0.2, 0) is 6.42 Å². The summed E-state index contributed by atoms with van der Waals surface area (Å²) in [5.74, 6) is 4.18. The second-order valence-corrected chi connectivity index (χ2v) is 9.58. The third-order valence-electron chi connectivity index (χ3n) is 7.85. The van der Waals surface area contributed by atoms with Gasteiger partial charge in [0.1, 0.15) is 11.6 Å². The van der Waals surface area contributed by atoms with Crippen molar-refractivity contribution in [2.75, 3.05) is 6.61 Å². The molecule has 2 fully saturated rings. The summed E-state index contributed by atoms with van der Waals surface area (Å²) in [6.45, 7) is 6.58. The molecule has 0 radical (unpaired) electrons. The van der Waals surface area contributed by atoms with E-state index in [9.17, 15) is 0 Å². The van der Waals surface area contributed by atoms with Crippen LogP contribution < -0.4 is 4.74 Å². The number of rotatable bonds is 7. The fourth-order valence-corrected chi connectivity index (χ4v) is 5.92. The molecule has 4 rings (SSSR count). The minimum absolute atomic E-state index is 0.0387. The van der Waals surface area contributed by atoms with E-state index in [1.807, 2.05) is 37.3 Å². The van der Waals surface area contributed by atoms with Gasteiger partial charge in [-0.3, -0.25) is 0 Å². The van der Waals surface area contributed by atoms with Crippen molar-refractivity contribution in [1.29, 1.82) is 0 Å². The minimum atomic E-state index is -0.0387. The lowest BCUT2D eigenvalue weighted by atomic mass is 9.68. The number of hydrogen-bond donors (Lipinski definition) is 0. The summed E-state index contributed by atoms with van der Waals surface area (Å²) in [4.78, 5) is 0.